The summed E-state index contributed by atoms with van der Waals surface area (Å²) in [5.41, 5.74) is 5.50. The molecule has 0 fully saturated rings. The van der Waals surface area contributed by atoms with E-state index in [-0.39, 0.29) is 18.7 Å². The van der Waals surface area contributed by atoms with Crippen LogP contribution in [0.3, 0.4) is 0 Å². The van der Waals surface area contributed by atoms with Gasteiger partial charge in [-0.05, 0) is 6.07 Å². The summed E-state index contributed by atoms with van der Waals surface area (Å²) in [4.78, 5) is 21.5. The highest BCUT2D eigenvalue weighted by molar-refractivity contribution is 5.83. The van der Waals surface area contributed by atoms with Crippen molar-refractivity contribution < 1.29 is 19.8 Å². The lowest BCUT2D eigenvalue weighted by molar-refractivity contribution is -0.141. The van der Waals surface area contributed by atoms with E-state index in [1.165, 1.54) is 6.07 Å². The molecule has 0 aromatic heterocycles. The summed E-state index contributed by atoms with van der Waals surface area (Å²) in [5, 5.41) is 20.9. The SMILES string of the molecule is NC(=O)CC(NCc1ccccc1O)C(=O)O. The zero-order chi connectivity index (χ0) is 12.8. The molecule has 1 aromatic carbocycles. The van der Waals surface area contributed by atoms with Gasteiger partial charge in [0.25, 0.3) is 0 Å². The van der Waals surface area contributed by atoms with Crippen molar-refractivity contribution >= 4 is 11.9 Å². The maximum absolute atomic E-state index is 10.8. The average Bonchev–Trinajstić information content (AvgIpc) is 2.25. The highest BCUT2D eigenvalue weighted by Gasteiger charge is 2.19. The van der Waals surface area contributed by atoms with E-state index < -0.39 is 17.9 Å². The summed E-state index contributed by atoms with van der Waals surface area (Å²) in [7, 11) is 0. The molecule has 0 aliphatic carbocycles. The van der Waals surface area contributed by atoms with Crippen molar-refractivity contribution in [2.45, 2.75) is 19.0 Å². The lowest BCUT2D eigenvalue weighted by Crippen LogP contribution is -2.39. The summed E-state index contributed by atoms with van der Waals surface area (Å²) in [6, 6.07) is 5.50. The Kier molecular flexibility index (Phi) is 4.47. The Morgan fingerprint density at radius 1 is 1.35 bits per heavy atom. The molecule has 17 heavy (non-hydrogen) atoms. The Morgan fingerprint density at radius 2 is 2.00 bits per heavy atom. The molecule has 6 heteroatoms. The predicted molar refractivity (Wildman–Crippen MR) is 60.2 cm³/mol. The van der Waals surface area contributed by atoms with Crippen LogP contribution in [0.25, 0.3) is 0 Å². The van der Waals surface area contributed by atoms with Gasteiger partial charge >= 0.3 is 5.97 Å². The number of carboxylic acids is 1. The number of para-hydroxylation sites is 1. The average molecular weight is 238 g/mol. The fourth-order valence-corrected chi connectivity index (χ4v) is 1.34. The standard InChI is InChI=1S/C11H14N2O4/c12-10(15)5-8(11(16)17)13-6-7-3-1-2-4-9(7)14/h1-4,8,13-14H,5-6H2,(H2,12,15)(H,16,17). The van der Waals surface area contributed by atoms with Gasteiger partial charge in [-0.1, -0.05) is 18.2 Å². The number of carbonyl (C=O) groups is 2. The predicted octanol–water partition coefficient (Wildman–Crippen LogP) is -0.190. The molecule has 0 saturated heterocycles. The maximum Gasteiger partial charge on any atom is 0.321 e. The minimum absolute atomic E-state index is 0.0724. The molecule has 1 aromatic rings. The molecule has 0 spiro atoms. The molecule has 1 amide bonds. The van der Waals surface area contributed by atoms with Gasteiger partial charge in [-0.25, -0.2) is 0 Å². The quantitative estimate of drug-likeness (QED) is 0.548. The van der Waals surface area contributed by atoms with Gasteiger partial charge < -0.3 is 15.9 Å². The Bertz CT molecular complexity index is 420. The Morgan fingerprint density at radius 3 is 2.53 bits per heavy atom. The lowest BCUT2D eigenvalue weighted by atomic mass is 10.1. The number of rotatable bonds is 6. The molecule has 0 bridgehead atoms. The number of hydrogen-bond donors (Lipinski definition) is 4. The van der Waals surface area contributed by atoms with Crippen molar-refractivity contribution in [3.8, 4) is 5.75 Å². The van der Waals surface area contributed by atoms with Gasteiger partial charge in [-0.2, -0.15) is 0 Å². The number of benzene rings is 1. The van der Waals surface area contributed by atoms with E-state index in [0.29, 0.717) is 5.56 Å². The van der Waals surface area contributed by atoms with Crippen LogP contribution in [0.2, 0.25) is 0 Å². The van der Waals surface area contributed by atoms with Gasteiger partial charge in [-0.3, -0.25) is 14.9 Å². The molecule has 0 aliphatic rings. The highest BCUT2D eigenvalue weighted by atomic mass is 16.4. The number of primary amides is 1. The zero-order valence-corrected chi connectivity index (χ0v) is 9.09. The minimum Gasteiger partial charge on any atom is -0.508 e. The Labute approximate surface area is 98.1 Å². The van der Waals surface area contributed by atoms with Gasteiger partial charge in [-0.15, -0.1) is 0 Å². The molecule has 0 saturated carbocycles. The van der Waals surface area contributed by atoms with Gasteiger partial charge in [0.15, 0.2) is 0 Å². The van der Waals surface area contributed by atoms with Crippen LogP contribution in [0.1, 0.15) is 12.0 Å². The van der Waals surface area contributed by atoms with E-state index in [1.807, 2.05) is 0 Å². The summed E-state index contributed by atoms with van der Waals surface area (Å²) in [6.45, 7) is 0.150. The van der Waals surface area contributed by atoms with E-state index in [4.69, 9.17) is 10.8 Å². The van der Waals surface area contributed by atoms with E-state index in [9.17, 15) is 14.7 Å². The first-order valence-electron chi connectivity index (χ1n) is 5.02. The molecule has 0 radical (unpaired) electrons. The van der Waals surface area contributed by atoms with Crippen molar-refractivity contribution in [1.82, 2.24) is 5.32 Å². The van der Waals surface area contributed by atoms with Gasteiger partial charge in [0.2, 0.25) is 5.91 Å². The topological polar surface area (TPSA) is 113 Å². The Balaban J connectivity index is 2.61. The molecule has 1 atom stereocenters. The van der Waals surface area contributed by atoms with Crippen LogP contribution < -0.4 is 11.1 Å². The molecule has 0 aliphatic heterocycles. The summed E-state index contributed by atoms with van der Waals surface area (Å²) >= 11 is 0. The highest BCUT2D eigenvalue weighted by Crippen LogP contribution is 2.15. The van der Waals surface area contributed by atoms with Crippen LogP contribution in [-0.2, 0) is 16.1 Å². The van der Waals surface area contributed by atoms with Crippen molar-refractivity contribution in [2.75, 3.05) is 0 Å². The third kappa shape index (κ3) is 4.12. The van der Waals surface area contributed by atoms with Crippen molar-refractivity contribution in [1.29, 1.82) is 0 Å². The number of phenolic OH excluding ortho intramolecular Hbond substituents is 1. The lowest BCUT2D eigenvalue weighted by Gasteiger charge is -2.13. The fraction of sp³-hybridized carbons (Fsp3) is 0.273. The van der Waals surface area contributed by atoms with E-state index in [1.54, 1.807) is 18.2 Å². The number of aliphatic carboxylic acids is 1. The number of nitrogens with one attached hydrogen (secondary N) is 1. The second-order valence-electron chi connectivity index (χ2n) is 3.57. The number of phenols is 1. The fourth-order valence-electron chi connectivity index (χ4n) is 1.34. The molecular formula is C11H14N2O4. The number of hydrogen-bond acceptors (Lipinski definition) is 4. The molecule has 0 heterocycles. The molecule has 92 valence electrons. The van der Waals surface area contributed by atoms with E-state index >= 15 is 0 Å². The largest absolute Gasteiger partial charge is 0.508 e. The monoisotopic (exact) mass is 238 g/mol. The summed E-state index contributed by atoms with van der Waals surface area (Å²) in [6.07, 6.45) is -0.289. The van der Waals surface area contributed by atoms with Crippen molar-refractivity contribution in [3.63, 3.8) is 0 Å². The second kappa shape index (κ2) is 5.86. The molecular weight excluding hydrogens is 224 g/mol. The van der Waals surface area contributed by atoms with Gasteiger partial charge in [0, 0.05) is 12.1 Å². The van der Waals surface area contributed by atoms with Crippen LogP contribution in [0.4, 0.5) is 0 Å². The molecule has 1 rings (SSSR count). The van der Waals surface area contributed by atoms with E-state index in [2.05, 4.69) is 5.32 Å². The van der Waals surface area contributed by atoms with Crippen LogP contribution in [0.15, 0.2) is 24.3 Å². The van der Waals surface area contributed by atoms with Crippen molar-refractivity contribution in [2.24, 2.45) is 5.73 Å². The minimum atomic E-state index is -1.15. The number of aromatic hydroxyl groups is 1. The molecule has 5 N–H and O–H groups in total. The van der Waals surface area contributed by atoms with Crippen LogP contribution in [0.5, 0.6) is 5.75 Å². The number of nitrogens with two attached hydrogens (primary N) is 1. The summed E-state index contributed by atoms with van der Waals surface area (Å²) < 4.78 is 0. The first-order chi connectivity index (χ1) is 8.00. The molecule has 1 unspecified atom stereocenters. The smallest absolute Gasteiger partial charge is 0.321 e. The number of carboxylic acid groups (broad SMARTS) is 1. The number of carbonyl (C=O) groups excluding carboxylic acids is 1. The third-order valence-electron chi connectivity index (χ3n) is 2.23. The normalized spacial score (nSPS) is 12.0. The van der Waals surface area contributed by atoms with Crippen molar-refractivity contribution in [3.05, 3.63) is 29.8 Å². The summed E-state index contributed by atoms with van der Waals surface area (Å²) in [5.74, 6) is -1.77. The zero-order valence-electron chi connectivity index (χ0n) is 9.09. The van der Waals surface area contributed by atoms with Crippen LogP contribution in [0, 0.1) is 0 Å². The van der Waals surface area contributed by atoms with Crippen LogP contribution >= 0.6 is 0 Å². The number of amides is 1. The van der Waals surface area contributed by atoms with Gasteiger partial charge in [0.05, 0.1) is 6.42 Å². The maximum atomic E-state index is 10.8. The third-order valence-corrected chi connectivity index (χ3v) is 2.23. The molecule has 6 nitrogen and oxygen atoms in total. The van der Waals surface area contributed by atoms with E-state index in [0.717, 1.165) is 0 Å². The second-order valence-corrected chi connectivity index (χ2v) is 3.57. The van der Waals surface area contributed by atoms with Gasteiger partial charge in [0.1, 0.15) is 11.8 Å². The first-order valence-corrected chi connectivity index (χ1v) is 5.02. The van der Waals surface area contributed by atoms with Crippen LogP contribution in [-0.4, -0.2) is 28.1 Å². The first kappa shape index (κ1) is 13.0. The Hall–Kier alpha value is -2.08.